The Hall–Kier alpha value is -3.21. The molecule has 0 aliphatic rings. The Labute approximate surface area is 133 Å². The maximum atomic E-state index is 4.47. The summed E-state index contributed by atoms with van der Waals surface area (Å²) in [5.74, 6) is 0.784. The van der Waals surface area contributed by atoms with Crippen molar-refractivity contribution < 1.29 is 0 Å². The first-order valence-corrected chi connectivity index (χ1v) is 7.40. The summed E-state index contributed by atoms with van der Waals surface area (Å²) in [4.78, 5) is 8.65. The predicted octanol–water partition coefficient (Wildman–Crippen LogP) is 3.87. The van der Waals surface area contributed by atoms with Crippen molar-refractivity contribution in [1.29, 1.82) is 0 Å². The summed E-state index contributed by atoms with van der Waals surface area (Å²) in [6, 6.07) is 18.0. The van der Waals surface area contributed by atoms with Gasteiger partial charge in [0.1, 0.15) is 12.1 Å². The SMILES string of the molecule is Cc1c(Nc2ncnc3ccccc23)cnn1-c1ccccc1. The Morgan fingerprint density at radius 3 is 2.57 bits per heavy atom. The second-order valence-electron chi connectivity index (χ2n) is 5.26. The zero-order valence-electron chi connectivity index (χ0n) is 12.6. The first-order valence-electron chi connectivity index (χ1n) is 7.40. The van der Waals surface area contributed by atoms with Crippen molar-refractivity contribution in [3.05, 3.63) is 72.8 Å². The van der Waals surface area contributed by atoms with E-state index >= 15 is 0 Å². The molecule has 0 spiro atoms. The molecule has 112 valence electrons. The first-order chi connectivity index (χ1) is 11.3. The number of nitrogens with one attached hydrogen (secondary N) is 1. The molecule has 0 fully saturated rings. The Morgan fingerprint density at radius 1 is 0.913 bits per heavy atom. The van der Waals surface area contributed by atoms with Crippen LogP contribution in [0.5, 0.6) is 0 Å². The van der Waals surface area contributed by atoms with Crippen LogP contribution < -0.4 is 5.32 Å². The molecule has 4 aromatic rings. The molecule has 0 unspecified atom stereocenters. The van der Waals surface area contributed by atoms with Gasteiger partial charge in [-0.1, -0.05) is 30.3 Å². The number of nitrogens with zero attached hydrogens (tertiary/aromatic N) is 4. The standard InChI is InChI=1S/C18H15N5/c1-13-17(11-21-23(13)14-7-3-2-4-8-14)22-18-15-9-5-6-10-16(15)19-12-20-18/h2-12H,1H3,(H,19,20,22). The average molecular weight is 301 g/mol. The van der Waals surface area contributed by atoms with Crippen LogP contribution in [0.3, 0.4) is 0 Å². The van der Waals surface area contributed by atoms with Crippen molar-refractivity contribution in [2.24, 2.45) is 0 Å². The Balaban J connectivity index is 1.74. The summed E-state index contributed by atoms with van der Waals surface area (Å²) in [6.45, 7) is 2.03. The molecular weight excluding hydrogens is 286 g/mol. The molecule has 0 saturated heterocycles. The van der Waals surface area contributed by atoms with E-state index in [2.05, 4.69) is 20.4 Å². The fourth-order valence-corrected chi connectivity index (χ4v) is 2.59. The largest absolute Gasteiger partial charge is 0.337 e. The molecule has 5 heteroatoms. The van der Waals surface area contributed by atoms with Gasteiger partial charge in [0.15, 0.2) is 0 Å². The van der Waals surface area contributed by atoms with E-state index in [4.69, 9.17) is 0 Å². The molecule has 2 aromatic carbocycles. The Bertz CT molecular complexity index is 954. The molecule has 0 amide bonds. The average Bonchev–Trinajstić information content (AvgIpc) is 2.97. The molecule has 2 aromatic heterocycles. The van der Waals surface area contributed by atoms with E-state index in [1.54, 1.807) is 6.33 Å². The second kappa shape index (κ2) is 5.53. The van der Waals surface area contributed by atoms with Crippen LogP contribution in [0.2, 0.25) is 0 Å². The lowest BCUT2D eigenvalue weighted by atomic mass is 10.2. The lowest BCUT2D eigenvalue weighted by Gasteiger charge is -2.08. The number of anilines is 2. The molecule has 0 saturated carbocycles. The zero-order valence-corrected chi connectivity index (χ0v) is 12.6. The minimum absolute atomic E-state index is 0.784. The van der Waals surface area contributed by atoms with Gasteiger partial charge >= 0.3 is 0 Å². The first kappa shape index (κ1) is 13.5. The highest BCUT2D eigenvalue weighted by molar-refractivity contribution is 5.90. The van der Waals surface area contributed by atoms with Crippen LogP contribution in [0.4, 0.5) is 11.5 Å². The van der Waals surface area contributed by atoms with E-state index in [9.17, 15) is 0 Å². The Morgan fingerprint density at radius 2 is 1.70 bits per heavy atom. The monoisotopic (exact) mass is 301 g/mol. The molecular formula is C18H15N5. The number of hydrogen-bond donors (Lipinski definition) is 1. The van der Waals surface area contributed by atoms with E-state index in [1.165, 1.54) is 0 Å². The Kier molecular flexibility index (Phi) is 3.24. The number of fused-ring (bicyclic) bond motifs is 1. The van der Waals surface area contributed by atoms with Crippen LogP contribution in [0.1, 0.15) is 5.69 Å². The molecule has 0 radical (unpaired) electrons. The lowest BCUT2D eigenvalue weighted by Crippen LogP contribution is -2.00. The maximum Gasteiger partial charge on any atom is 0.141 e. The third-order valence-electron chi connectivity index (χ3n) is 3.81. The summed E-state index contributed by atoms with van der Waals surface area (Å²) >= 11 is 0. The van der Waals surface area contributed by atoms with Crippen LogP contribution in [0, 0.1) is 6.92 Å². The van der Waals surface area contributed by atoms with Crippen LogP contribution in [0.25, 0.3) is 16.6 Å². The smallest absolute Gasteiger partial charge is 0.141 e. The van der Waals surface area contributed by atoms with Crippen LogP contribution in [0.15, 0.2) is 67.1 Å². The third kappa shape index (κ3) is 2.42. The summed E-state index contributed by atoms with van der Waals surface area (Å²) in [5.41, 5.74) is 3.90. The van der Waals surface area contributed by atoms with Crippen LogP contribution in [-0.4, -0.2) is 19.7 Å². The second-order valence-corrected chi connectivity index (χ2v) is 5.26. The van der Waals surface area contributed by atoms with Gasteiger partial charge in [-0.05, 0) is 31.2 Å². The van der Waals surface area contributed by atoms with Gasteiger partial charge in [-0.25, -0.2) is 14.6 Å². The fourth-order valence-electron chi connectivity index (χ4n) is 2.59. The van der Waals surface area contributed by atoms with Crippen LogP contribution in [-0.2, 0) is 0 Å². The highest BCUT2D eigenvalue weighted by Crippen LogP contribution is 2.25. The molecule has 23 heavy (non-hydrogen) atoms. The number of benzene rings is 2. The summed E-state index contributed by atoms with van der Waals surface area (Å²) in [5, 5.41) is 8.83. The number of aromatic nitrogens is 4. The van der Waals surface area contributed by atoms with Gasteiger partial charge in [0.05, 0.1) is 28.8 Å². The number of hydrogen-bond acceptors (Lipinski definition) is 4. The molecule has 5 nitrogen and oxygen atoms in total. The van der Waals surface area contributed by atoms with Gasteiger partial charge in [0, 0.05) is 5.39 Å². The normalized spacial score (nSPS) is 10.8. The van der Waals surface area contributed by atoms with Crippen molar-refractivity contribution >= 4 is 22.4 Å². The van der Waals surface area contributed by atoms with Gasteiger partial charge in [-0.2, -0.15) is 5.10 Å². The topological polar surface area (TPSA) is 55.6 Å². The molecule has 2 heterocycles. The highest BCUT2D eigenvalue weighted by atomic mass is 15.3. The van der Waals surface area contributed by atoms with Gasteiger partial charge in [0.25, 0.3) is 0 Å². The molecule has 0 atom stereocenters. The van der Waals surface area contributed by atoms with Gasteiger partial charge in [-0.15, -0.1) is 0 Å². The zero-order chi connectivity index (χ0) is 15.6. The van der Waals surface area contributed by atoms with E-state index < -0.39 is 0 Å². The van der Waals surface area contributed by atoms with E-state index in [0.717, 1.165) is 33.8 Å². The predicted molar refractivity (Wildman–Crippen MR) is 91.1 cm³/mol. The quantitative estimate of drug-likeness (QED) is 0.624. The van der Waals surface area contributed by atoms with E-state index in [-0.39, 0.29) is 0 Å². The van der Waals surface area contributed by atoms with Gasteiger partial charge < -0.3 is 5.32 Å². The van der Waals surface area contributed by atoms with Gasteiger partial charge in [0.2, 0.25) is 0 Å². The molecule has 1 N–H and O–H groups in total. The minimum Gasteiger partial charge on any atom is -0.337 e. The van der Waals surface area contributed by atoms with E-state index in [0.29, 0.717) is 0 Å². The minimum atomic E-state index is 0.784. The van der Waals surface area contributed by atoms with Crippen molar-refractivity contribution in [3.63, 3.8) is 0 Å². The molecule has 0 bridgehead atoms. The number of para-hydroxylation sites is 2. The molecule has 0 aliphatic heterocycles. The lowest BCUT2D eigenvalue weighted by molar-refractivity contribution is 0.847. The summed E-state index contributed by atoms with van der Waals surface area (Å²) < 4.78 is 1.91. The van der Waals surface area contributed by atoms with E-state index in [1.807, 2.05) is 72.4 Å². The van der Waals surface area contributed by atoms with Gasteiger partial charge in [-0.3, -0.25) is 0 Å². The maximum absolute atomic E-state index is 4.47. The molecule has 0 aliphatic carbocycles. The van der Waals surface area contributed by atoms with Crippen molar-refractivity contribution in [1.82, 2.24) is 19.7 Å². The summed E-state index contributed by atoms with van der Waals surface area (Å²) in [6.07, 6.45) is 3.39. The highest BCUT2D eigenvalue weighted by Gasteiger charge is 2.10. The molecule has 4 rings (SSSR count). The summed E-state index contributed by atoms with van der Waals surface area (Å²) in [7, 11) is 0. The van der Waals surface area contributed by atoms with Crippen molar-refractivity contribution in [2.75, 3.05) is 5.32 Å². The third-order valence-corrected chi connectivity index (χ3v) is 3.81. The van der Waals surface area contributed by atoms with Crippen molar-refractivity contribution in [3.8, 4) is 5.69 Å². The van der Waals surface area contributed by atoms with Crippen molar-refractivity contribution in [2.45, 2.75) is 6.92 Å². The van der Waals surface area contributed by atoms with Crippen LogP contribution >= 0.6 is 0 Å². The number of rotatable bonds is 3. The fraction of sp³-hybridized carbons (Fsp3) is 0.0556.